The van der Waals surface area contributed by atoms with E-state index < -0.39 is 6.10 Å². The van der Waals surface area contributed by atoms with Crippen LogP contribution in [0.15, 0.2) is 48.5 Å². The van der Waals surface area contributed by atoms with Crippen LogP contribution in [-0.4, -0.2) is 50.3 Å². The zero-order valence-corrected chi connectivity index (χ0v) is 16.1. The van der Waals surface area contributed by atoms with Crippen LogP contribution in [0.1, 0.15) is 24.4 Å². The minimum Gasteiger partial charge on any atom is -0.497 e. The second kappa shape index (κ2) is 8.52. The third kappa shape index (κ3) is 4.07. The van der Waals surface area contributed by atoms with Crippen LogP contribution < -0.4 is 19.5 Å². The molecule has 2 heterocycles. The minimum absolute atomic E-state index is 0.110. The number of benzene rings is 2. The molecule has 0 spiro atoms. The Labute approximate surface area is 165 Å². The second-order valence-corrected chi connectivity index (χ2v) is 7.14. The lowest BCUT2D eigenvalue weighted by Crippen LogP contribution is -2.46. The van der Waals surface area contributed by atoms with E-state index in [-0.39, 0.29) is 18.6 Å². The minimum atomic E-state index is -0.639. The van der Waals surface area contributed by atoms with Gasteiger partial charge in [-0.1, -0.05) is 24.3 Å². The molecule has 2 unspecified atom stereocenters. The first-order chi connectivity index (χ1) is 13.7. The summed E-state index contributed by atoms with van der Waals surface area (Å²) in [5.74, 6) is 1.96. The molecule has 6 heteroatoms. The van der Waals surface area contributed by atoms with Crippen LogP contribution in [0, 0.1) is 0 Å². The SMILES string of the molecule is COc1cccc(C(CNC(=O)C2COc3ccccc3O2)N2CCCC2)c1. The number of hydrogen-bond donors (Lipinski definition) is 1. The Morgan fingerprint density at radius 3 is 2.75 bits per heavy atom. The van der Waals surface area contributed by atoms with Gasteiger partial charge in [0, 0.05) is 6.54 Å². The van der Waals surface area contributed by atoms with Crippen molar-refractivity contribution < 1.29 is 19.0 Å². The van der Waals surface area contributed by atoms with Gasteiger partial charge in [0.05, 0.1) is 13.2 Å². The number of nitrogens with zero attached hydrogens (tertiary/aromatic N) is 1. The number of methoxy groups -OCH3 is 1. The van der Waals surface area contributed by atoms with Gasteiger partial charge in [-0.3, -0.25) is 9.69 Å². The predicted octanol–water partition coefficient (Wildman–Crippen LogP) is 2.79. The number of likely N-dealkylation sites (tertiary alicyclic amines) is 1. The Morgan fingerprint density at radius 2 is 1.96 bits per heavy atom. The molecule has 2 atom stereocenters. The number of para-hydroxylation sites is 2. The average Bonchev–Trinajstić information content (AvgIpc) is 3.28. The summed E-state index contributed by atoms with van der Waals surface area (Å²) >= 11 is 0. The maximum atomic E-state index is 12.7. The van der Waals surface area contributed by atoms with E-state index in [9.17, 15) is 4.79 Å². The molecule has 1 amide bonds. The van der Waals surface area contributed by atoms with Crippen LogP contribution in [0.2, 0.25) is 0 Å². The van der Waals surface area contributed by atoms with Gasteiger partial charge in [-0.05, 0) is 55.8 Å². The molecule has 1 fully saturated rings. The Hall–Kier alpha value is -2.73. The van der Waals surface area contributed by atoms with Crippen LogP contribution >= 0.6 is 0 Å². The Bertz CT molecular complexity index is 820. The highest BCUT2D eigenvalue weighted by Gasteiger charge is 2.29. The van der Waals surface area contributed by atoms with Gasteiger partial charge in [-0.15, -0.1) is 0 Å². The van der Waals surface area contributed by atoms with Gasteiger partial charge < -0.3 is 19.5 Å². The van der Waals surface area contributed by atoms with Gasteiger partial charge in [-0.2, -0.15) is 0 Å². The van der Waals surface area contributed by atoms with E-state index in [4.69, 9.17) is 14.2 Å². The summed E-state index contributed by atoms with van der Waals surface area (Å²) in [6, 6.07) is 15.6. The summed E-state index contributed by atoms with van der Waals surface area (Å²) in [4.78, 5) is 15.1. The molecule has 1 saturated heterocycles. The van der Waals surface area contributed by atoms with E-state index in [0.29, 0.717) is 18.0 Å². The van der Waals surface area contributed by atoms with Crippen LogP contribution in [0.25, 0.3) is 0 Å². The van der Waals surface area contributed by atoms with E-state index in [1.807, 2.05) is 42.5 Å². The first-order valence-electron chi connectivity index (χ1n) is 9.79. The van der Waals surface area contributed by atoms with E-state index in [1.165, 1.54) is 12.8 Å². The molecule has 2 aromatic rings. The van der Waals surface area contributed by atoms with Crippen LogP contribution in [0.3, 0.4) is 0 Å². The molecule has 0 bridgehead atoms. The molecule has 0 radical (unpaired) electrons. The van der Waals surface area contributed by atoms with Crippen LogP contribution in [0.5, 0.6) is 17.2 Å². The molecule has 1 N–H and O–H groups in total. The monoisotopic (exact) mass is 382 g/mol. The standard InChI is InChI=1S/C22H26N2O4/c1-26-17-8-6-7-16(13-17)18(24-11-4-5-12-24)14-23-22(25)21-15-27-19-9-2-3-10-20(19)28-21/h2-3,6-10,13,18,21H,4-5,11-12,14-15H2,1H3,(H,23,25). The zero-order valence-electron chi connectivity index (χ0n) is 16.1. The third-order valence-corrected chi connectivity index (χ3v) is 5.33. The topological polar surface area (TPSA) is 60.0 Å². The van der Waals surface area contributed by atoms with Crippen LogP contribution in [-0.2, 0) is 4.79 Å². The lowest BCUT2D eigenvalue weighted by atomic mass is 10.0. The number of hydrogen-bond acceptors (Lipinski definition) is 5. The first-order valence-corrected chi connectivity index (χ1v) is 9.79. The maximum absolute atomic E-state index is 12.7. The van der Waals surface area contributed by atoms with E-state index in [1.54, 1.807) is 7.11 Å². The second-order valence-electron chi connectivity index (χ2n) is 7.14. The fourth-order valence-corrected chi connectivity index (χ4v) is 3.82. The van der Waals surface area contributed by atoms with Crippen molar-refractivity contribution in [2.24, 2.45) is 0 Å². The molecule has 0 aromatic heterocycles. The molecule has 6 nitrogen and oxygen atoms in total. The Morgan fingerprint density at radius 1 is 1.18 bits per heavy atom. The number of nitrogens with one attached hydrogen (secondary N) is 1. The molecule has 28 heavy (non-hydrogen) atoms. The quantitative estimate of drug-likeness (QED) is 0.833. The molecule has 148 valence electrons. The fraction of sp³-hybridized carbons (Fsp3) is 0.409. The van der Waals surface area contributed by atoms with Crippen molar-refractivity contribution in [3.05, 3.63) is 54.1 Å². The molecule has 0 saturated carbocycles. The number of ether oxygens (including phenoxy) is 3. The van der Waals surface area contributed by atoms with Crippen molar-refractivity contribution in [2.45, 2.75) is 25.0 Å². The highest BCUT2D eigenvalue weighted by molar-refractivity contribution is 5.81. The highest BCUT2D eigenvalue weighted by atomic mass is 16.6. The maximum Gasteiger partial charge on any atom is 0.264 e. The van der Waals surface area contributed by atoms with Crippen molar-refractivity contribution in [1.82, 2.24) is 10.2 Å². The highest BCUT2D eigenvalue weighted by Crippen LogP contribution is 2.31. The summed E-state index contributed by atoms with van der Waals surface area (Å²) in [7, 11) is 1.67. The van der Waals surface area contributed by atoms with Gasteiger partial charge in [0.1, 0.15) is 12.4 Å². The first kappa shape index (κ1) is 18.6. The largest absolute Gasteiger partial charge is 0.497 e. The Kier molecular flexibility index (Phi) is 5.67. The summed E-state index contributed by atoms with van der Waals surface area (Å²) in [6.45, 7) is 2.81. The van der Waals surface area contributed by atoms with Gasteiger partial charge in [0.25, 0.3) is 5.91 Å². The van der Waals surface area contributed by atoms with Crippen molar-refractivity contribution in [2.75, 3.05) is 33.4 Å². The molecular formula is C22H26N2O4. The number of carbonyl (C=O) groups excluding carboxylic acids is 1. The summed E-state index contributed by atoms with van der Waals surface area (Å²) in [6.07, 6.45) is 1.73. The molecular weight excluding hydrogens is 356 g/mol. The predicted molar refractivity (Wildman–Crippen MR) is 106 cm³/mol. The van der Waals surface area contributed by atoms with E-state index >= 15 is 0 Å². The number of amides is 1. The Balaban J connectivity index is 1.43. The fourth-order valence-electron chi connectivity index (χ4n) is 3.82. The van der Waals surface area contributed by atoms with E-state index in [0.717, 1.165) is 24.4 Å². The van der Waals surface area contributed by atoms with Gasteiger partial charge >= 0.3 is 0 Å². The van der Waals surface area contributed by atoms with Crippen molar-refractivity contribution >= 4 is 5.91 Å². The van der Waals surface area contributed by atoms with Crippen molar-refractivity contribution in [3.63, 3.8) is 0 Å². The lowest BCUT2D eigenvalue weighted by Gasteiger charge is -2.30. The smallest absolute Gasteiger partial charge is 0.264 e. The molecule has 2 aliphatic heterocycles. The summed E-state index contributed by atoms with van der Waals surface area (Å²) < 4.78 is 16.9. The lowest BCUT2D eigenvalue weighted by molar-refractivity contribution is -0.130. The molecule has 2 aliphatic rings. The average molecular weight is 382 g/mol. The molecule has 0 aliphatic carbocycles. The number of carbonyl (C=O) groups is 1. The normalized spacial score (nSPS) is 19.8. The number of rotatable bonds is 6. The summed E-state index contributed by atoms with van der Waals surface area (Å²) in [5, 5.41) is 3.07. The number of fused-ring (bicyclic) bond motifs is 1. The third-order valence-electron chi connectivity index (χ3n) is 5.33. The van der Waals surface area contributed by atoms with Crippen LogP contribution in [0.4, 0.5) is 0 Å². The summed E-state index contributed by atoms with van der Waals surface area (Å²) in [5.41, 5.74) is 1.15. The zero-order chi connectivity index (χ0) is 19.3. The van der Waals surface area contributed by atoms with Crippen molar-refractivity contribution in [1.29, 1.82) is 0 Å². The van der Waals surface area contributed by atoms with Gasteiger partial charge in [0.2, 0.25) is 6.10 Å². The molecule has 4 rings (SSSR count). The molecule has 2 aromatic carbocycles. The van der Waals surface area contributed by atoms with E-state index in [2.05, 4.69) is 16.3 Å². The van der Waals surface area contributed by atoms with Gasteiger partial charge in [-0.25, -0.2) is 0 Å². The van der Waals surface area contributed by atoms with Gasteiger partial charge in [0.15, 0.2) is 11.5 Å². The van der Waals surface area contributed by atoms with Crippen molar-refractivity contribution in [3.8, 4) is 17.2 Å².